The van der Waals surface area contributed by atoms with Gasteiger partial charge in [0.2, 0.25) is 0 Å². The molecule has 0 saturated heterocycles. The lowest BCUT2D eigenvalue weighted by molar-refractivity contribution is -0.113. The average molecular weight is 282 g/mol. The van der Waals surface area contributed by atoms with E-state index in [0.717, 1.165) is 11.1 Å². The van der Waals surface area contributed by atoms with Crippen molar-refractivity contribution >= 4 is 11.9 Å². The van der Waals surface area contributed by atoms with E-state index >= 15 is 0 Å². The Morgan fingerprint density at radius 1 is 1.19 bits per heavy atom. The number of aliphatic hydroxyl groups is 1. The van der Waals surface area contributed by atoms with Gasteiger partial charge in [-0.2, -0.15) is 0 Å². The number of ketones is 1. The Balaban J connectivity index is 2.37. The minimum atomic E-state index is -0.481. The topological polar surface area (TPSA) is 37.3 Å². The van der Waals surface area contributed by atoms with E-state index in [1.54, 1.807) is 6.08 Å². The van der Waals surface area contributed by atoms with Gasteiger partial charge < -0.3 is 5.11 Å². The van der Waals surface area contributed by atoms with Gasteiger partial charge in [0.15, 0.2) is 5.78 Å². The van der Waals surface area contributed by atoms with Crippen molar-refractivity contribution in [3.8, 4) is 0 Å². The van der Waals surface area contributed by atoms with Crippen molar-refractivity contribution in [1.29, 1.82) is 0 Å². The summed E-state index contributed by atoms with van der Waals surface area (Å²) >= 11 is 0. The summed E-state index contributed by atoms with van der Waals surface area (Å²) in [6, 6.07) is 10.1. The van der Waals surface area contributed by atoms with Gasteiger partial charge in [0, 0.05) is 11.3 Å². The highest BCUT2D eigenvalue weighted by Crippen LogP contribution is 2.43. The molecule has 2 nitrogen and oxygen atoms in total. The fraction of sp³-hybridized carbons (Fsp3) is 0.316. The van der Waals surface area contributed by atoms with E-state index in [0.29, 0.717) is 5.57 Å². The maximum absolute atomic E-state index is 11.6. The number of carbonyl (C=O) groups is 1. The second-order valence-corrected chi connectivity index (χ2v) is 6.18. The van der Waals surface area contributed by atoms with Crippen LogP contribution in [0.2, 0.25) is 0 Å². The third kappa shape index (κ3) is 2.99. The molecule has 1 unspecified atom stereocenters. The second kappa shape index (κ2) is 5.72. The summed E-state index contributed by atoms with van der Waals surface area (Å²) in [6.45, 7) is 7.50. The van der Waals surface area contributed by atoms with Gasteiger partial charge in [-0.05, 0) is 19.4 Å². The highest BCUT2D eigenvalue weighted by Gasteiger charge is 2.37. The van der Waals surface area contributed by atoms with Crippen molar-refractivity contribution in [3.05, 3.63) is 65.0 Å². The number of allylic oxidation sites excluding steroid dienone is 5. The van der Waals surface area contributed by atoms with Crippen molar-refractivity contribution in [2.75, 3.05) is 0 Å². The van der Waals surface area contributed by atoms with Crippen LogP contribution in [0.5, 0.6) is 0 Å². The zero-order valence-electron chi connectivity index (χ0n) is 13.1. The fourth-order valence-electron chi connectivity index (χ4n) is 2.91. The van der Waals surface area contributed by atoms with E-state index in [-0.39, 0.29) is 17.5 Å². The highest BCUT2D eigenvalue weighted by atomic mass is 16.3. The first kappa shape index (κ1) is 15.3. The maximum Gasteiger partial charge on any atom is 0.163 e. The molecule has 0 radical (unpaired) electrons. The first-order valence-corrected chi connectivity index (χ1v) is 7.20. The van der Waals surface area contributed by atoms with Crippen molar-refractivity contribution in [3.63, 3.8) is 0 Å². The summed E-state index contributed by atoms with van der Waals surface area (Å²) in [4.78, 5) is 11.6. The lowest BCUT2D eigenvalue weighted by atomic mass is 9.69. The molecule has 2 heteroatoms. The standard InChI is InChI=1S/C19H22O2/c1-13(12-15-8-6-5-7-9-15)17-11-10-16(14(2)20)18(21)19(17,3)4/h5-12,17,21H,1-4H3/b13-12+. The summed E-state index contributed by atoms with van der Waals surface area (Å²) in [6.07, 6.45) is 5.89. The van der Waals surface area contributed by atoms with Crippen LogP contribution in [0.4, 0.5) is 0 Å². The summed E-state index contributed by atoms with van der Waals surface area (Å²) < 4.78 is 0. The zero-order chi connectivity index (χ0) is 15.6. The van der Waals surface area contributed by atoms with E-state index in [4.69, 9.17) is 0 Å². The molecule has 0 spiro atoms. The van der Waals surface area contributed by atoms with E-state index in [1.165, 1.54) is 6.92 Å². The lowest BCUT2D eigenvalue weighted by Gasteiger charge is -2.36. The molecule has 1 aromatic rings. The maximum atomic E-state index is 11.6. The Bertz CT molecular complexity index is 631. The molecule has 0 saturated carbocycles. The van der Waals surface area contributed by atoms with Crippen LogP contribution in [0.15, 0.2) is 59.4 Å². The Morgan fingerprint density at radius 3 is 2.38 bits per heavy atom. The molecule has 0 bridgehead atoms. The fourth-order valence-corrected chi connectivity index (χ4v) is 2.91. The van der Waals surface area contributed by atoms with Gasteiger partial charge in [-0.15, -0.1) is 0 Å². The van der Waals surface area contributed by atoms with E-state index in [9.17, 15) is 9.90 Å². The predicted molar refractivity (Wildman–Crippen MR) is 86.8 cm³/mol. The third-order valence-corrected chi connectivity index (χ3v) is 4.16. The summed E-state index contributed by atoms with van der Waals surface area (Å²) in [5.74, 6) is 0.157. The molecular formula is C19H22O2. The van der Waals surface area contributed by atoms with Crippen LogP contribution in [0.1, 0.15) is 33.3 Å². The van der Waals surface area contributed by atoms with Gasteiger partial charge in [0.1, 0.15) is 5.76 Å². The summed E-state index contributed by atoms with van der Waals surface area (Å²) in [5.41, 5.74) is 2.24. The SMILES string of the molecule is CC(=O)C1=C(O)C(C)(C)C(/C(C)=C/c2ccccc2)C=C1. The third-order valence-electron chi connectivity index (χ3n) is 4.16. The van der Waals surface area contributed by atoms with Crippen molar-refractivity contribution in [2.45, 2.75) is 27.7 Å². The van der Waals surface area contributed by atoms with Gasteiger partial charge in [0.25, 0.3) is 0 Å². The van der Waals surface area contributed by atoms with Gasteiger partial charge in [-0.1, -0.05) is 68.0 Å². The van der Waals surface area contributed by atoms with Crippen LogP contribution in [0.25, 0.3) is 6.08 Å². The van der Waals surface area contributed by atoms with Crippen LogP contribution in [0, 0.1) is 11.3 Å². The number of aliphatic hydroxyl groups excluding tert-OH is 1. The molecule has 0 aromatic heterocycles. The van der Waals surface area contributed by atoms with E-state index in [1.807, 2.05) is 38.1 Å². The average Bonchev–Trinajstić information content (AvgIpc) is 2.42. The smallest absolute Gasteiger partial charge is 0.163 e. The first-order chi connectivity index (χ1) is 9.84. The van der Waals surface area contributed by atoms with Crippen molar-refractivity contribution in [2.24, 2.45) is 11.3 Å². The van der Waals surface area contributed by atoms with Gasteiger partial charge in [-0.25, -0.2) is 0 Å². The monoisotopic (exact) mass is 282 g/mol. The Kier molecular flexibility index (Phi) is 4.17. The molecular weight excluding hydrogens is 260 g/mol. The van der Waals surface area contributed by atoms with Crippen LogP contribution in [0.3, 0.4) is 0 Å². The van der Waals surface area contributed by atoms with Gasteiger partial charge >= 0.3 is 0 Å². The molecule has 1 aliphatic carbocycles. The quantitative estimate of drug-likeness (QED) is 0.872. The molecule has 1 aromatic carbocycles. The predicted octanol–water partition coefficient (Wildman–Crippen LogP) is 4.70. The number of benzene rings is 1. The summed E-state index contributed by atoms with van der Waals surface area (Å²) in [7, 11) is 0. The van der Waals surface area contributed by atoms with Gasteiger partial charge in [-0.3, -0.25) is 4.79 Å². The van der Waals surface area contributed by atoms with Crippen LogP contribution in [-0.2, 0) is 4.79 Å². The van der Waals surface area contributed by atoms with Crippen LogP contribution in [-0.4, -0.2) is 10.9 Å². The highest BCUT2D eigenvalue weighted by molar-refractivity contribution is 5.97. The molecule has 21 heavy (non-hydrogen) atoms. The molecule has 1 aliphatic rings. The Morgan fingerprint density at radius 2 is 1.81 bits per heavy atom. The lowest BCUT2D eigenvalue weighted by Crippen LogP contribution is -2.30. The molecule has 0 aliphatic heterocycles. The second-order valence-electron chi connectivity index (χ2n) is 6.18. The molecule has 1 atom stereocenters. The van der Waals surface area contributed by atoms with Crippen LogP contribution < -0.4 is 0 Å². The van der Waals surface area contributed by atoms with E-state index < -0.39 is 5.41 Å². The first-order valence-electron chi connectivity index (χ1n) is 7.20. The van der Waals surface area contributed by atoms with Crippen LogP contribution >= 0.6 is 0 Å². The van der Waals surface area contributed by atoms with Crippen molar-refractivity contribution in [1.82, 2.24) is 0 Å². The van der Waals surface area contributed by atoms with Crippen molar-refractivity contribution < 1.29 is 9.90 Å². The van der Waals surface area contributed by atoms with Gasteiger partial charge in [0.05, 0.1) is 5.57 Å². The largest absolute Gasteiger partial charge is 0.511 e. The molecule has 0 fully saturated rings. The van der Waals surface area contributed by atoms with E-state index in [2.05, 4.69) is 25.1 Å². The Labute approximate surface area is 126 Å². The molecule has 0 heterocycles. The summed E-state index contributed by atoms with van der Waals surface area (Å²) in [5, 5.41) is 10.4. The normalized spacial score (nSPS) is 21.5. The minimum absolute atomic E-state index is 0.0702. The number of rotatable bonds is 3. The number of carbonyl (C=O) groups excluding carboxylic acids is 1. The zero-order valence-corrected chi connectivity index (χ0v) is 13.1. The number of Topliss-reactive ketones (excluding diaryl/α,β-unsaturated/α-hetero) is 1. The number of hydrogen-bond donors (Lipinski definition) is 1. The molecule has 0 amide bonds. The number of hydrogen-bond acceptors (Lipinski definition) is 2. The Hall–Kier alpha value is -2.09. The molecule has 2 rings (SSSR count). The molecule has 110 valence electrons. The minimum Gasteiger partial charge on any atom is -0.511 e. The molecule has 1 N–H and O–H groups in total.